The molecule has 28 heavy (non-hydrogen) atoms. The van der Waals surface area contributed by atoms with Gasteiger partial charge in [0.1, 0.15) is 12.4 Å². The lowest BCUT2D eigenvalue weighted by atomic mass is 10.1. The van der Waals surface area contributed by atoms with E-state index in [1.807, 2.05) is 0 Å². The number of amides is 1. The molecular weight excluding hydrogens is 397 g/mol. The molecule has 6 nitrogen and oxygen atoms in total. The Bertz CT molecular complexity index is 997. The van der Waals surface area contributed by atoms with Crippen molar-refractivity contribution < 1.29 is 31.1 Å². The van der Waals surface area contributed by atoms with Crippen LogP contribution in [-0.2, 0) is 10.0 Å². The summed E-state index contributed by atoms with van der Waals surface area (Å²) in [5.41, 5.74) is -5.83. The van der Waals surface area contributed by atoms with Crippen LogP contribution in [0.4, 0.5) is 24.5 Å². The van der Waals surface area contributed by atoms with Crippen LogP contribution in [0.5, 0.6) is 5.75 Å². The molecule has 10 heteroatoms. The van der Waals surface area contributed by atoms with Crippen LogP contribution in [0, 0.1) is 12.3 Å². The number of nitrogens with zero attached hydrogens (tertiary/aromatic N) is 1. The molecule has 0 atom stereocenters. The Hall–Kier alpha value is -3.19. The Balaban J connectivity index is 2.28. The molecule has 0 spiro atoms. The number of sulfonamides is 1. The van der Waals surface area contributed by atoms with Crippen LogP contribution in [-0.4, -0.2) is 33.5 Å². The summed E-state index contributed by atoms with van der Waals surface area (Å²) >= 11 is 0. The number of nitrogens with one attached hydrogen (secondary N) is 1. The summed E-state index contributed by atoms with van der Waals surface area (Å²) in [6, 6.07) is 11.2. The number of benzene rings is 2. The Morgan fingerprint density at radius 3 is 2.36 bits per heavy atom. The molecule has 0 radical (unpaired) electrons. The van der Waals surface area contributed by atoms with Gasteiger partial charge in [0.15, 0.2) is 0 Å². The number of ether oxygens (including phenoxy) is 1. The van der Waals surface area contributed by atoms with Crippen molar-refractivity contribution in [2.45, 2.75) is 5.51 Å². The SMILES string of the molecule is C#CCOc1ccc(N(C)C(=O)c2ccccc2NS(=O)(=O)C(F)(F)F)cc1. The van der Waals surface area contributed by atoms with E-state index >= 15 is 0 Å². The van der Waals surface area contributed by atoms with Crippen LogP contribution in [0.2, 0.25) is 0 Å². The number of hydrogen-bond acceptors (Lipinski definition) is 4. The van der Waals surface area contributed by atoms with E-state index in [1.54, 1.807) is 24.3 Å². The number of para-hydroxylation sites is 1. The highest BCUT2D eigenvalue weighted by Gasteiger charge is 2.46. The monoisotopic (exact) mass is 412 g/mol. The fourth-order valence-electron chi connectivity index (χ4n) is 2.15. The van der Waals surface area contributed by atoms with Gasteiger partial charge in [-0.2, -0.15) is 21.6 Å². The Labute approximate surface area is 160 Å². The van der Waals surface area contributed by atoms with Gasteiger partial charge in [0.25, 0.3) is 5.91 Å². The molecule has 0 aliphatic heterocycles. The van der Waals surface area contributed by atoms with E-state index in [4.69, 9.17) is 11.2 Å². The van der Waals surface area contributed by atoms with Gasteiger partial charge >= 0.3 is 15.5 Å². The molecule has 0 bridgehead atoms. The molecule has 2 aromatic carbocycles. The molecule has 0 aliphatic carbocycles. The topological polar surface area (TPSA) is 75.7 Å². The van der Waals surface area contributed by atoms with Gasteiger partial charge in [-0.1, -0.05) is 18.1 Å². The van der Waals surface area contributed by atoms with E-state index in [0.29, 0.717) is 11.4 Å². The molecule has 1 N–H and O–H groups in total. The van der Waals surface area contributed by atoms with Crippen LogP contribution >= 0.6 is 0 Å². The zero-order chi connectivity index (χ0) is 20.9. The molecule has 2 aromatic rings. The minimum atomic E-state index is -5.67. The van der Waals surface area contributed by atoms with E-state index in [9.17, 15) is 26.4 Å². The second-order valence-electron chi connectivity index (χ2n) is 5.45. The lowest BCUT2D eigenvalue weighted by Gasteiger charge is -2.20. The summed E-state index contributed by atoms with van der Waals surface area (Å²) in [5.74, 6) is 2.07. The van der Waals surface area contributed by atoms with Gasteiger partial charge in [-0.25, -0.2) is 0 Å². The third-order valence-electron chi connectivity index (χ3n) is 3.56. The summed E-state index contributed by atoms with van der Waals surface area (Å²) in [6.07, 6.45) is 5.10. The van der Waals surface area contributed by atoms with E-state index in [0.717, 1.165) is 11.0 Å². The first-order chi connectivity index (χ1) is 13.1. The van der Waals surface area contributed by atoms with Crippen molar-refractivity contribution in [1.82, 2.24) is 0 Å². The number of terminal acetylenes is 1. The number of anilines is 2. The zero-order valence-electron chi connectivity index (χ0n) is 14.5. The minimum Gasteiger partial charge on any atom is -0.481 e. The van der Waals surface area contributed by atoms with Gasteiger partial charge in [-0.3, -0.25) is 9.52 Å². The first-order valence-electron chi connectivity index (χ1n) is 7.69. The van der Waals surface area contributed by atoms with Crippen molar-refractivity contribution in [1.29, 1.82) is 0 Å². The van der Waals surface area contributed by atoms with Gasteiger partial charge in [-0.05, 0) is 36.4 Å². The number of alkyl halides is 3. The molecule has 0 aromatic heterocycles. The predicted octanol–water partition coefficient (Wildman–Crippen LogP) is 3.24. The number of hydrogen-bond donors (Lipinski definition) is 1. The molecular formula is C18H15F3N2O4S. The van der Waals surface area contributed by atoms with E-state index < -0.39 is 27.1 Å². The fraction of sp³-hybridized carbons (Fsp3) is 0.167. The second-order valence-corrected chi connectivity index (χ2v) is 7.12. The number of carbonyl (C=O) groups excluding carboxylic acids is 1. The average Bonchev–Trinajstić information content (AvgIpc) is 2.65. The standard InChI is InChI=1S/C18H15F3N2O4S/c1-3-12-27-14-10-8-13(9-11-14)23(2)17(24)15-6-4-5-7-16(15)22-28(25,26)18(19,20)21/h1,4-11,22H,12H2,2H3. The van der Waals surface area contributed by atoms with E-state index in [2.05, 4.69) is 5.92 Å². The van der Waals surface area contributed by atoms with Gasteiger partial charge in [0, 0.05) is 12.7 Å². The molecule has 2 rings (SSSR count). The van der Waals surface area contributed by atoms with Crippen molar-refractivity contribution in [3.63, 3.8) is 0 Å². The average molecular weight is 412 g/mol. The van der Waals surface area contributed by atoms with E-state index in [1.165, 1.54) is 30.0 Å². The number of rotatable bonds is 6. The van der Waals surface area contributed by atoms with Crippen LogP contribution in [0.25, 0.3) is 0 Å². The molecule has 1 amide bonds. The highest BCUT2D eigenvalue weighted by molar-refractivity contribution is 7.93. The summed E-state index contributed by atoms with van der Waals surface area (Å²) in [5, 5.41) is 0. The first kappa shape index (κ1) is 21.1. The lowest BCUT2D eigenvalue weighted by Crippen LogP contribution is -2.32. The van der Waals surface area contributed by atoms with E-state index in [-0.39, 0.29) is 12.2 Å². The van der Waals surface area contributed by atoms with Gasteiger partial charge < -0.3 is 9.64 Å². The van der Waals surface area contributed by atoms with Crippen LogP contribution < -0.4 is 14.4 Å². The fourth-order valence-corrected chi connectivity index (χ4v) is 2.73. The van der Waals surface area contributed by atoms with Crippen molar-refractivity contribution >= 4 is 27.3 Å². The van der Waals surface area contributed by atoms with Crippen LogP contribution in [0.3, 0.4) is 0 Å². The van der Waals surface area contributed by atoms with Crippen LogP contribution in [0.1, 0.15) is 10.4 Å². The normalized spacial score (nSPS) is 11.4. The molecule has 0 saturated heterocycles. The Morgan fingerprint density at radius 2 is 1.79 bits per heavy atom. The Morgan fingerprint density at radius 1 is 1.18 bits per heavy atom. The molecule has 0 heterocycles. The lowest BCUT2D eigenvalue weighted by molar-refractivity contribution is -0.0429. The Kier molecular flexibility index (Phi) is 6.20. The number of carbonyl (C=O) groups is 1. The largest absolute Gasteiger partial charge is 0.516 e. The van der Waals surface area contributed by atoms with Crippen molar-refractivity contribution in [2.75, 3.05) is 23.3 Å². The maximum atomic E-state index is 12.7. The molecule has 0 aliphatic rings. The second kappa shape index (κ2) is 8.22. The molecule has 0 saturated carbocycles. The maximum Gasteiger partial charge on any atom is 0.516 e. The summed E-state index contributed by atoms with van der Waals surface area (Å²) in [4.78, 5) is 13.9. The van der Waals surface area contributed by atoms with Crippen molar-refractivity contribution in [2.24, 2.45) is 0 Å². The van der Waals surface area contributed by atoms with Gasteiger partial charge in [-0.15, -0.1) is 6.42 Å². The molecule has 148 valence electrons. The highest BCUT2D eigenvalue weighted by Crippen LogP contribution is 2.28. The summed E-state index contributed by atoms with van der Waals surface area (Å²) < 4.78 is 67.3. The van der Waals surface area contributed by atoms with Gasteiger partial charge in [0.2, 0.25) is 0 Å². The quantitative estimate of drug-likeness (QED) is 0.740. The maximum absolute atomic E-state index is 12.7. The summed E-state index contributed by atoms with van der Waals surface area (Å²) in [7, 11) is -4.27. The highest BCUT2D eigenvalue weighted by atomic mass is 32.2. The molecule has 0 unspecified atom stereocenters. The first-order valence-corrected chi connectivity index (χ1v) is 9.17. The predicted molar refractivity (Wildman–Crippen MR) is 98.5 cm³/mol. The summed E-state index contributed by atoms with van der Waals surface area (Å²) in [6.45, 7) is 0.0703. The third-order valence-corrected chi connectivity index (χ3v) is 4.66. The van der Waals surface area contributed by atoms with Gasteiger partial charge in [0.05, 0.1) is 11.3 Å². The third kappa shape index (κ3) is 4.75. The van der Waals surface area contributed by atoms with Crippen LogP contribution in [0.15, 0.2) is 48.5 Å². The minimum absolute atomic E-state index is 0.0703. The van der Waals surface area contributed by atoms with Crippen molar-refractivity contribution in [3.8, 4) is 18.1 Å². The smallest absolute Gasteiger partial charge is 0.481 e. The molecule has 0 fully saturated rings. The zero-order valence-corrected chi connectivity index (χ0v) is 15.3. The van der Waals surface area contributed by atoms with Crippen molar-refractivity contribution in [3.05, 3.63) is 54.1 Å². The number of halogens is 3.